The van der Waals surface area contributed by atoms with E-state index in [1.54, 1.807) is 43.3 Å². The number of pyridine rings is 1. The highest BCUT2D eigenvalue weighted by atomic mass is 35.5. The van der Waals surface area contributed by atoms with Crippen LogP contribution in [0.15, 0.2) is 54.7 Å². The molecule has 1 saturated carbocycles. The lowest BCUT2D eigenvalue weighted by molar-refractivity contribution is -0.909. The van der Waals surface area contributed by atoms with Crippen molar-refractivity contribution in [2.24, 2.45) is 11.8 Å². The minimum atomic E-state index is -1.02. The molecule has 1 amide bonds. The molecule has 9 heteroatoms. The van der Waals surface area contributed by atoms with Crippen molar-refractivity contribution in [2.75, 3.05) is 10.7 Å². The molecule has 0 bridgehead atoms. The Bertz CT molecular complexity index is 1260. The van der Waals surface area contributed by atoms with E-state index in [0.717, 1.165) is 17.6 Å². The van der Waals surface area contributed by atoms with Crippen LogP contribution in [0, 0.1) is 12.8 Å². The average molecular weight is 482 g/mol. The minimum absolute atomic E-state index is 0.184. The van der Waals surface area contributed by atoms with Crippen LogP contribution < -0.4 is 21.3 Å². The maximum Gasteiger partial charge on any atom is 0.335 e. The van der Waals surface area contributed by atoms with Gasteiger partial charge in [0.25, 0.3) is 0 Å². The number of anilines is 2. The molecule has 0 aliphatic heterocycles. The molecule has 2 aromatic carbocycles. The van der Waals surface area contributed by atoms with Gasteiger partial charge in [0.15, 0.2) is 0 Å². The van der Waals surface area contributed by atoms with Crippen molar-refractivity contribution >= 4 is 34.9 Å². The van der Waals surface area contributed by atoms with Gasteiger partial charge in [-0.25, -0.2) is 4.79 Å². The molecule has 0 spiro atoms. The van der Waals surface area contributed by atoms with Crippen LogP contribution in [0.4, 0.5) is 11.4 Å². The second-order valence-corrected chi connectivity index (χ2v) is 9.01. The molecular formula is C25H26ClN4O4+. The zero-order valence-corrected chi connectivity index (χ0v) is 19.3. The molecule has 1 heterocycles. The highest BCUT2D eigenvalue weighted by molar-refractivity contribution is 6.31. The van der Waals surface area contributed by atoms with Gasteiger partial charge in [-0.15, -0.1) is 0 Å². The van der Waals surface area contributed by atoms with E-state index >= 15 is 0 Å². The monoisotopic (exact) mass is 481 g/mol. The number of aryl methyl sites for hydroxylation is 1. The SMILES string of the molecule is Cc1cc(NC(=O)C(CC2CC2)c2ccc(-c3cc(Cl)ccc3NN)c[n+]2O)ccc1C(=O)O. The number of nitrogens with two attached hydrogens (primary N) is 1. The van der Waals surface area contributed by atoms with Gasteiger partial charge in [-0.05, 0) is 67.3 Å². The molecule has 8 nitrogen and oxygen atoms in total. The highest BCUT2D eigenvalue weighted by Crippen LogP contribution is 2.39. The van der Waals surface area contributed by atoms with E-state index in [2.05, 4.69) is 10.7 Å². The van der Waals surface area contributed by atoms with Gasteiger partial charge >= 0.3 is 5.97 Å². The summed E-state index contributed by atoms with van der Waals surface area (Å²) in [4.78, 5) is 24.5. The number of hydrazine groups is 1. The summed E-state index contributed by atoms with van der Waals surface area (Å²) in [5.74, 6) is 4.17. The second-order valence-electron chi connectivity index (χ2n) is 8.58. The maximum absolute atomic E-state index is 13.3. The van der Waals surface area contributed by atoms with Crippen molar-refractivity contribution in [2.45, 2.75) is 32.1 Å². The molecule has 1 atom stereocenters. The first-order valence-corrected chi connectivity index (χ1v) is 11.3. The van der Waals surface area contributed by atoms with Crippen LogP contribution in [-0.2, 0) is 4.79 Å². The number of nitrogen functional groups attached to an aromatic ring is 1. The molecule has 0 radical (unpaired) electrons. The number of rotatable bonds is 8. The molecular weight excluding hydrogens is 456 g/mol. The third kappa shape index (κ3) is 5.13. The number of nitrogens with zero attached hydrogens (tertiary/aromatic N) is 1. The van der Waals surface area contributed by atoms with Crippen molar-refractivity contribution in [3.05, 3.63) is 76.6 Å². The van der Waals surface area contributed by atoms with Gasteiger partial charge in [0.1, 0.15) is 5.92 Å². The van der Waals surface area contributed by atoms with Crippen LogP contribution in [0.5, 0.6) is 0 Å². The lowest BCUT2D eigenvalue weighted by Gasteiger charge is -2.15. The molecule has 34 heavy (non-hydrogen) atoms. The molecule has 1 aliphatic carbocycles. The first-order valence-electron chi connectivity index (χ1n) is 10.9. The molecule has 1 aliphatic rings. The fraction of sp³-hybridized carbons (Fsp3) is 0.240. The van der Waals surface area contributed by atoms with E-state index in [1.807, 2.05) is 6.07 Å². The summed E-state index contributed by atoms with van der Waals surface area (Å²) in [6, 6.07) is 13.4. The van der Waals surface area contributed by atoms with E-state index in [0.29, 0.717) is 51.1 Å². The number of aromatic carboxylic acids is 1. The Hall–Kier alpha value is -3.62. The summed E-state index contributed by atoms with van der Waals surface area (Å²) in [7, 11) is 0. The Morgan fingerprint density at radius 2 is 1.94 bits per heavy atom. The van der Waals surface area contributed by atoms with Crippen molar-refractivity contribution < 1.29 is 24.6 Å². The summed E-state index contributed by atoms with van der Waals surface area (Å²) < 4.78 is 0.974. The maximum atomic E-state index is 13.3. The van der Waals surface area contributed by atoms with Gasteiger partial charge in [-0.1, -0.05) is 24.4 Å². The predicted molar refractivity (Wildman–Crippen MR) is 129 cm³/mol. The molecule has 3 aromatic rings. The molecule has 0 saturated heterocycles. The van der Waals surface area contributed by atoms with Gasteiger partial charge in [-0.2, -0.15) is 0 Å². The number of carbonyl (C=O) groups is 2. The highest BCUT2D eigenvalue weighted by Gasteiger charge is 2.36. The zero-order valence-electron chi connectivity index (χ0n) is 18.6. The van der Waals surface area contributed by atoms with Gasteiger partial charge in [0.2, 0.25) is 17.8 Å². The number of hydrogen-bond acceptors (Lipinski definition) is 5. The van der Waals surface area contributed by atoms with E-state index in [9.17, 15) is 19.9 Å². The van der Waals surface area contributed by atoms with Crippen LogP contribution in [-0.4, -0.2) is 22.2 Å². The molecule has 176 valence electrons. The Morgan fingerprint density at radius 3 is 2.56 bits per heavy atom. The Kier molecular flexibility index (Phi) is 6.72. The average Bonchev–Trinajstić information content (AvgIpc) is 3.61. The van der Waals surface area contributed by atoms with E-state index in [-0.39, 0.29) is 11.5 Å². The van der Waals surface area contributed by atoms with E-state index < -0.39 is 11.9 Å². The van der Waals surface area contributed by atoms with Crippen LogP contribution >= 0.6 is 11.6 Å². The van der Waals surface area contributed by atoms with Crippen LogP contribution in [0.1, 0.15) is 46.8 Å². The van der Waals surface area contributed by atoms with Crippen molar-refractivity contribution in [1.82, 2.24) is 0 Å². The molecule has 1 unspecified atom stereocenters. The number of halogens is 1. The number of carboxylic acids is 1. The standard InChI is InChI=1S/C25H25ClN4O4/c1-14-10-18(6-7-19(14)25(32)33)28-24(31)21(11-15-2-3-15)23-9-4-16(13-30(23)34)20-12-17(26)5-8-22(20)29-27/h4-10,12-13,15,21,29H,2-3,11,27H2,1H3,(H2-,28,31,32,33,34)/p+1. The quantitative estimate of drug-likeness (QED) is 0.141. The number of hydrogen-bond donors (Lipinski definition) is 5. The second kappa shape index (κ2) is 9.70. The summed E-state index contributed by atoms with van der Waals surface area (Å²) in [6.07, 6.45) is 4.23. The van der Waals surface area contributed by atoms with Gasteiger partial charge in [0, 0.05) is 27.1 Å². The Balaban J connectivity index is 1.63. The normalized spacial score (nSPS) is 13.9. The van der Waals surface area contributed by atoms with Crippen LogP contribution in [0.2, 0.25) is 5.02 Å². The fourth-order valence-electron chi connectivity index (χ4n) is 4.08. The number of nitrogens with one attached hydrogen (secondary N) is 2. The number of carboxylic acid groups (broad SMARTS) is 1. The molecule has 1 fully saturated rings. The first kappa shape index (κ1) is 23.5. The van der Waals surface area contributed by atoms with Crippen molar-refractivity contribution in [1.29, 1.82) is 0 Å². The summed E-state index contributed by atoms with van der Waals surface area (Å²) in [5, 5.41) is 23.5. The summed E-state index contributed by atoms with van der Waals surface area (Å²) in [5.41, 5.74) is 6.35. The molecule has 1 aromatic heterocycles. The number of amides is 1. The van der Waals surface area contributed by atoms with Gasteiger partial charge in [-0.3, -0.25) is 15.8 Å². The third-order valence-electron chi connectivity index (χ3n) is 6.07. The molecule has 4 rings (SSSR count). The summed E-state index contributed by atoms with van der Waals surface area (Å²) >= 11 is 6.14. The topological polar surface area (TPSA) is 129 Å². The largest absolute Gasteiger partial charge is 0.478 e. The Labute approximate surface area is 201 Å². The van der Waals surface area contributed by atoms with E-state index in [4.69, 9.17) is 17.4 Å². The lowest BCUT2D eigenvalue weighted by atomic mass is 9.95. The number of benzene rings is 2. The lowest BCUT2D eigenvalue weighted by Crippen LogP contribution is -2.39. The predicted octanol–water partition coefficient (Wildman–Crippen LogP) is 4.35. The Morgan fingerprint density at radius 1 is 1.18 bits per heavy atom. The zero-order chi connectivity index (χ0) is 24.4. The number of carbonyl (C=O) groups excluding carboxylic acids is 1. The van der Waals surface area contributed by atoms with Gasteiger partial charge < -0.3 is 15.8 Å². The first-order chi connectivity index (χ1) is 16.3. The van der Waals surface area contributed by atoms with Crippen molar-refractivity contribution in [3.63, 3.8) is 0 Å². The summed E-state index contributed by atoms with van der Waals surface area (Å²) in [6.45, 7) is 1.68. The number of aromatic nitrogens is 1. The fourth-order valence-corrected chi connectivity index (χ4v) is 4.25. The van der Waals surface area contributed by atoms with Crippen LogP contribution in [0.3, 0.4) is 0 Å². The molecule has 6 N–H and O–H groups in total. The van der Waals surface area contributed by atoms with E-state index in [1.165, 1.54) is 12.3 Å². The smallest absolute Gasteiger partial charge is 0.335 e. The van der Waals surface area contributed by atoms with Crippen LogP contribution in [0.25, 0.3) is 11.1 Å². The minimum Gasteiger partial charge on any atom is -0.478 e. The van der Waals surface area contributed by atoms with Crippen molar-refractivity contribution in [3.8, 4) is 11.1 Å². The third-order valence-corrected chi connectivity index (χ3v) is 6.31. The van der Waals surface area contributed by atoms with Gasteiger partial charge in [0.05, 0.1) is 16.8 Å².